The molecule has 0 bridgehead atoms. The molecule has 0 saturated carbocycles. The smallest absolute Gasteiger partial charge is 0.309 e. The van der Waals surface area contributed by atoms with Crippen LogP contribution in [0.5, 0.6) is 0 Å². The number of piperidine rings is 1. The summed E-state index contributed by atoms with van der Waals surface area (Å²) in [6, 6.07) is 12.1. The van der Waals surface area contributed by atoms with Gasteiger partial charge in [-0.3, -0.25) is 9.59 Å². The molecule has 4 rings (SSSR count). The van der Waals surface area contributed by atoms with Gasteiger partial charge >= 0.3 is 5.97 Å². The lowest BCUT2D eigenvalue weighted by atomic mass is 9.97. The fourth-order valence-corrected chi connectivity index (χ4v) is 5.28. The maximum atomic E-state index is 13.2. The van der Waals surface area contributed by atoms with E-state index >= 15 is 0 Å². The number of likely N-dealkylation sites (tertiary alicyclic amines) is 1. The van der Waals surface area contributed by atoms with Crippen LogP contribution in [0.25, 0.3) is 16.8 Å². The second kappa shape index (κ2) is 9.95. The Morgan fingerprint density at radius 2 is 1.88 bits per heavy atom. The molecule has 3 aromatic rings. The van der Waals surface area contributed by atoms with Gasteiger partial charge in [0, 0.05) is 18.7 Å². The summed E-state index contributed by atoms with van der Waals surface area (Å²) in [5, 5.41) is 5.10. The summed E-state index contributed by atoms with van der Waals surface area (Å²) < 4.78 is 7.01. The summed E-state index contributed by atoms with van der Waals surface area (Å²) in [4.78, 5) is 32.0. The van der Waals surface area contributed by atoms with Crippen molar-refractivity contribution in [3.05, 3.63) is 47.7 Å². The summed E-state index contributed by atoms with van der Waals surface area (Å²) in [7, 11) is 0. The molecule has 2 aromatic heterocycles. The Morgan fingerprint density at radius 3 is 2.55 bits per heavy atom. The van der Waals surface area contributed by atoms with E-state index in [-0.39, 0.29) is 23.0 Å². The Balaban J connectivity index is 1.54. The quantitative estimate of drug-likeness (QED) is 0.398. The number of carbonyl (C=O) groups is 2. The minimum Gasteiger partial charge on any atom is -0.466 e. The number of ether oxygens (including phenoxy) is 1. The molecule has 0 N–H and O–H groups in total. The Hall–Kier alpha value is -2.87. The van der Waals surface area contributed by atoms with E-state index in [0.29, 0.717) is 37.7 Å². The third kappa shape index (κ3) is 4.90. The molecule has 1 unspecified atom stereocenters. The molecule has 0 aliphatic carbocycles. The second-order valence-electron chi connectivity index (χ2n) is 8.45. The Bertz CT molecular complexity index is 1150. The number of carbonyl (C=O) groups excluding carboxylic acids is 2. The zero-order chi connectivity index (χ0) is 23.5. The molecule has 174 valence electrons. The number of esters is 1. The summed E-state index contributed by atoms with van der Waals surface area (Å²) >= 11 is 1.43. The first-order chi connectivity index (χ1) is 15.9. The van der Waals surface area contributed by atoms with Crippen LogP contribution in [0.3, 0.4) is 0 Å². The first kappa shape index (κ1) is 23.3. The van der Waals surface area contributed by atoms with Crippen LogP contribution < -0.4 is 0 Å². The average molecular weight is 467 g/mol. The van der Waals surface area contributed by atoms with E-state index in [1.165, 1.54) is 11.8 Å². The molecule has 33 heavy (non-hydrogen) atoms. The van der Waals surface area contributed by atoms with Crippen molar-refractivity contribution < 1.29 is 14.3 Å². The van der Waals surface area contributed by atoms with Gasteiger partial charge in [0.2, 0.25) is 5.91 Å². The van der Waals surface area contributed by atoms with Crippen LogP contribution in [0.15, 0.2) is 41.6 Å². The molecule has 1 saturated heterocycles. The Kier molecular flexibility index (Phi) is 7.02. The number of hydrogen-bond acceptors (Lipinski definition) is 6. The maximum Gasteiger partial charge on any atom is 0.309 e. The topological polar surface area (TPSA) is 76.8 Å². The maximum absolute atomic E-state index is 13.2. The van der Waals surface area contributed by atoms with Crippen molar-refractivity contribution in [1.29, 1.82) is 0 Å². The number of benzene rings is 1. The number of nitrogens with zero attached hydrogens (tertiary/aromatic N) is 4. The van der Waals surface area contributed by atoms with Gasteiger partial charge in [-0.1, -0.05) is 42.1 Å². The van der Waals surface area contributed by atoms with Crippen LogP contribution in [0.1, 0.15) is 37.9 Å². The summed E-state index contributed by atoms with van der Waals surface area (Å²) in [5.74, 6) is -0.206. The van der Waals surface area contributed by atoms with Crippen molar-refractivity contribution >= 4 is 29.2 Å². The SMILES string of the molecule is CCOC(=O)C1CCN(C(=O)C(C)Sc2nc(-c3ccccc3)c3c(C)cc(C)nn23)CC1. The highest BCUT2D eigenvalue weighted by Gasteiger charge is 2.31. The molecule has 0 radical (unpaired) electrons. The minimum absolute atomic E-state index is 0.0599. The summed E-state index contributed by atoms with van der Waals surface area (Å²) in [6.07, 6.45) is 1.29. The largest absolute Gasteiger partial charge is 0.466 e. The highest BCUT2D eigenvalue weighted by Crippen LogP contribution is 2.33. The number of aryl methyl sites for hydroxylation is 2. The van der Waals surface area contributed by atoms with Gasteiger partial charge in [0.1, 0.15) is 0 Å². The van der Waals surface area contributed by atoms with Crippen molar-refractivity contribution in [1.82, 2.24) is 19.5 Å². The first-order valence-corrected chi connectivity index (χ1v) is 12.3. The van der Waals surface area contributed by atoms with Gasteiger partial charge in [0.05, 0.1) is 34.7 Å². The van der Waals surface area contributed by atoms with Gasteiger partial charge in [-0.15, -0.1) is 0 Å². The standard InChI is InChI=1S/C25H30N4O3S/c1-5-32-24(31)20-11-13-28(14-12-20)23(30)18(4)33-25-26-21(19-9-7-6-8-10-19)22-16(2)15-17(3)27-29(22)25/h6-10,15,18,20H,5,11-14H2,1-4H3. The van der Waals surface area contributed by atoms with Crippen LogP contribution in [-0.2, 0) is 14.3 Å². The lowest BCUT2D eigenvalue weighted by Gasteiger charge is -2.32. The van der Waals surface area contributed by atoms with E-state index < -0.39 is 0 Å². The zero-order valence-corrected chi connectivity index (χ0v) is 20.4. The summed E-state index contributed by atoms with van der Waals surface area (Å²) in [5.41, 5.74) is 4.86. The van der Waals surface area contributed by atoms with Crippen LogP contribution in [0.4, 0.5) is 0 Å². The predicted octanol–water partition coefficient (Wildman–Crippen LogP) is 4.30. The number of fused-ring (bicyclic) bond motifs is 1. The van der Waals surface area contributed by atoms with Gasteiger partial charge in [0.25, 0.3) is 0 Å². The van der Waals surface area contributed by atoms with E-state index in [9.17, 15) is 9.59 Å². The van der Waals surface area contributed by atoms with E-state index in [4.69, 9.17) is 14.8 Å². The van der Waals surface area contributed by atoms with Crippen LogP contribution in [0.2, 0.25) is 0 Å². The first-order valence-electron chi connectivity index (χ1n) is 11.4. The van der Waals surface area contributed by atoms with Crippen LogP contribution >= 0.6 is 11.8 Å². The van der Waals surface area contributed by atoms with Gasteiger partial charge in [-0.2, -0.15) is 5.10 Å². The molecule has 1 amide bonds. The molecule has 1 atom stereocenters. The molecule has 1 aliphatic heterocycles. The van der Waals surface area contributed by atoms with Crippen molar-refractivity contribution in [3.8, 4) is 11.3 Å². The Morgan fingerprint density at radius 1 is 1.18 bits per heavy atom. The van der Waals surface area contributed by atoms with E-state index in [2.05, 4.69) is 13.0 Å². The van der Waals surface area contributed by atoms with Gasteiger partial charge in [-0.25, -0.2) is 9.50 Å². The van der Waals surface area contributed by atoms with Crippen molar-refractivity contribution in [2.45, 2.75) is 50.9 Å². The van der Waals surface area contributed by atoms with Gasteiger partial charge in [0.15, 0.2) is 5.16 Å². The average Bonchev–Trinajstić information content (AvgIpc) is 3.17. The van der Waals surface area contributed by atoms with E-state index in [1.807, 2.05) is 60.5 Å². The van der Waals surface area contributed by atoms with Crippen molar-refractivity contribution in [2.24, 2.45) is 5.92 Å². The number of hydrogen-bond donors (Lipinski definition) is 0. The number of thioether (sulfide) groups is 1. The number of imidazole rings is 1. The molecule has 1 aliphatic rings. The normalized spacial score (nSPS) is 15.6. The molecule has 3 heterocycles. The highest BCUT2D eigenvalue weighted by molar-refractivity contribution is 8.00. The monoisotopic (exact) mass is 466 g/mol. The van der Waals surface area contributed by atoms with E-state index in [1.54, 1.807) is 0 Å². The molecule has 8 heteroatoms. The Labute approximate surface area is 198 Å². The molecule has 1 aromatic carbocycles. The third-order valence-corrected chi connectivity index (χ3v) is 7.02. The van der Waals surface area contributed by atoms with Crippen LogP contribution in [0, 0.1) is 19.8 Å². The molecular weight excluding hydrogens is 436 g/mol. The predicted molar refractivity (Wildman–Crippen MR) is 129 cm³/mol. The molecule has 7 nitrogen and oxygen atoms in total. The minimum atomic E-state index is -0.319. The summed E-state index contributed by atoms with van der Waals surface area (Å²) in [6.45, 7) is 9.29. The van der Waals surface area contributed by atoms with Crippen molar-refractivity contribution in [3.63, 3.8) is 0 Å². The lowest BCUT2D eigenvalue weighted by molar-refractivity contribution is -0.151. The fraction of sp³-hybridized carbons (Fsp3) is 0.440. The fourth-order valence-electron chi connectivity index (χ4n) is 4.34. The number of rotatable bonds is 6. The number of aromatic nitrogens is 3. The lowest BCUT2D eigenvalue weighted by Crippen LogP contribution is -2.43. The molecule has 0 spiro atoms. The second-order valence-corrected chi connectivity index (χ2v) is 9.76. The highest BCUT2D eigenvalue weighted by atomic mass is 32.2. The van der Waals surface area contributed by atoms with Crippen LogP contribution in [-0.4, -0.2) is 56.3 Å². The zero-order valence-electron chi connectivity index (χ0n) is 19.6. The number of amides is 1. The molecule has 1 fully saturated rings. The van der Waals surface area contributed by atoms with Crippen molar-refractivity contribution in [2.75, 3.05) is 19.7 Å². The molecular formula is C25H30N4O3S. The van der Waals surface area contributed by atoms with Gasteiger partial charge < -0.3 is 9.64 Å². The van der Waals surface area contributed by atoms with E-state index in [0.717, 1.165) is 28.0 Å². The van der Waals surface area contributed by atoms with Gasteiger partial charge in [-0.05, 0) is 52.2 Å². The third-order valence-electron chi connectivity index (χ3n) is 5.99.